The predicted molar refractivity (Wildman–Crippen MR) is 68.3 cm³/mol. The second kappa shape index (κ2) is 4.39. The van der Waals surface area contributed by atoms with Crippen molar-refractivity contribution in [1.29, 1.82) is 0 Å². The van der Waals surface area contributed by atoms with Crippen LogP contribution in [0.5, 0.6) is 0 Å². The van der Waals surface area contributed by atoms with Crippen LogP contribution in [0.15, 0.2) is 11.1 Å². The molecular formula is C12H15N5O3. The summed E-state index contributed by atoms with van der Waals surface area (Å²) in [6.07, 6.45) is 5.05. The van der Waals surface area contributed by atoms with Crippen molar-refractivity contribution in [1.82, 2.24) is 24.4 Å². The molecule has 2 aromatic rings. The molecule has 0 unspecified atom stereocenters. The first-order valence-electron chi connectivity index (χ1n) is 6.51. The lowest BCUT2D eigenvalue weighted by Gasteiger charge is -2.23. The Labute approximate surface area is 114 Å². The second-order valence-electron chi connectivity index (χ2n) is 5.33. The van der Waals surface area contributed by atoms with Crippen LogP contribution in [0.4, 0.5) is 0 Å². The first kappa shape index (κ1) is 12.8. The van der Waals surface area contributed by atoms with Crippen LogP contribution in [-0.4, -0.2) is 35.9 Å². The van der Waals surface area contributed by atoms with Gasteiger partial charge in [0.2, 0.25) is 0 Å². The SMILES string of the molecule is Cn1nnc2c(C(=O)OC3(C)CCCC3)ncn2c1=O. The van der Waals surface area contributed by atoms with Gasteiger partial charge in [0.25, 0.3) is 0 Å². The van der Waals surface area contributed by atoms with E-state index in [4.69, 9.17) is 4.74 Å². The Balaban J connectivity index is 1.96. The van der Waals surface area contributed by atoms with Gasteiger partial charge in [0.1, 0.15) is 11.9 Å². The van der Waals surface area contributed by atoms with Crippen molar-refractivity contribution in [2.24, 2.45) is 7.05 Å². The van der Waals surface area contributed by atoms with E-state index >= 15 is 0 Å². The summed E-state index contributed by atoms with van der Waals surface area (Å²) in [7, 11) is 1.48. The van der Waals surface area contributed by atoms with Gasteiger partial charge in [0, 0.05) is 7.05 Å². The fourth-order valence-electron chi connectivity index (χ4n) is 2.52. The van der Waals surface area contributed by atoms with Gasteiger partial charge in [-0.15, -0.1) is 5.10 Å². The average Bonchev–Trinajstić information content (AvgIpc) is 3.00. The molecule has 0 atom stereocenters. The van der Waals surface area contributed by atoms with Crippen molar-refractivity contribution < 1.29 is 9.53 Å². The van der Waals surface area contributed by atoms with Crippen LogP contribution in [0.2, 0.25) is 0 Å². The third kappa shape index (κ3) is 1.97. The number of fused-ring (bicyclic) bond motifs is 1. The first-order valence-corrected chi connectivity index (χ1v) is 6.51. The van der Waals surface area contributed by atoms with Gasteiger partial charge in [0.15, 0.2) is 11.3 Å². The molecule has 1 saturated carbocycles. The van der Waals surface area contributed by atoms with Gasteiger partial charge in [-0.05, 0) is 32.6 Å². The fraction of sp³-hybridized carbons (Fsp3) is 0.583. The summed E-state index contributed by atoms with van der Waals surface area (Å²) in [6, 6.07) is 0. The molecular weight excluding hydrogens is 262 g/mol. The molecule has 8 nitrogen and oxygen atoms in total. The van der Waals surface area contributed by atoms with Crippen molar-refractivity contribution in [2.45, 2.75) is 38.2 Å². The number of aryl methyl sites for hydroxylation is 1. The topological polar surface area (TPSA) is 91.4 Å². The molecule has 2 aromatic heterocycles. The lowest BCUT2D eigenvalue weighted by atomic mass is 10.1. The maximum absolute atomic E-state index is 12.2. The second-order valence-corrected chi connectivity index (χ2v) is 5.33. The van der Waals surface area contributed by atoms with E-state index in [-0.39, 0.29) is 11.3 Å². The molecule has 0 spiro atoms. The van der Waals surface area contributed by atoms with Crippen LogP contribution < -0.4 is 5.69 Å². The molecule has 8 heteroatoms. The van der Waals surface area contributed by atoms with E-state index in [1.54, 1.807) is 0 Å². The van der Waals surface area contributed by atoms with Crippen molar-refractivity contribution in [3.63, 3.8) is 0 Å². The van der Waals surface area contributed by atoms with E-state index in [1.807, 2.05) is 6.92 Å². The largest absolute Gasteiger partial charge is 0.455 e. The summed E-state index contributed by atoms with van der Waals surface area (Å²) in [5.41, 5.74) is -0.697. The lowest BCUT2D eigenvalue weighted by Crippen LogP contribution is -2.29. The Kier molecular flexibility index (Phi) is 2.81. The minimum atomic E-state index is -0.556. The zero-order valence-electron chi connectivity index (χ0n) is 11.4. The quantitative estimate of drug-likeness (QED) is 0.734. The Bertz CT molecular complexity index is 726. The van der Waals surface area contributed by atoms with Crippen LogP contribution in [0.25, 0.3) is 5.65 Å². The highest BCUT2D eigenvalue weighted by molar-refractivity contribution is 5.93. The Morgan fingerprint density at radius 2 is 2.10 bits per heavy atom. The minimum Gasteiger partial charge on any atom is -0.455 e. The highest BCUT2D eigenvalue weighted by Crippen LogP contribution is 2.33. The normalized spacial score (nSPS) is 17.5. The third-order valence-corrected chi connectivity index (χ3v) is 3.69. The zero-order chi connectivity index (χ0) is 14.3. The highest BCUT2D eigenvalue weighted by Gasteiger charge is 2.34. The van der Waals surface area contributed by atoms with E-state index in [1.165, 1.54) is 17.8 Å². The number of rotatable bonds is 2. The van der Waals surface area contributed by atoms with Gasteiger partial charge < -0.3 is 4.74 Å². The van der Waals surface area contributed by atoms with E-state index in [0.717, 1.165) is 30.4 Å². The zero-order valence-corrected chi connectivity index (χ0v) is 11.4. The molecule has 0 amide bonds. The maximum atomic E-state index is 12.2. The van der Waals surface area contributed by atoms with Crippen LogP contribution >= 0.6 is 0 Å². The molecule has 1 aliphatic carbocycles. The number of hydrogen-bond acceptors (Lipinski definition) is 6. The molecule has 0 aromatic carbocycles. The molecule has 1 aliphatic rings. The molecule has 0 saturated heterocycles. The molecule has 0 aliphatic heterocycles. The molecule has 0 radical (unpaired) electrons. The summed E-state index contributed by atoms with van der Waals surface area (Å²) in [4.78, 5) is 27.9. The van der Waals surface area contributed by atoms with Crippen molar-refractivity contribution in [2.75, 3.05) is 0 Å². The predicted octanol–water partition coefficient (Wildman–Crippen LogP) is 0.312. The van der Waals surface area contributed by atoms with E-state index in [9.17, 15) is 9.59 Å². The lowest BCUT2D eigenvalue weighted by molar-refractivity contribution is -0.00647. The fourth-order valence-corrected chi connectivity index (χ4v) is 2.52. The number of carbonyl (C=O) groups is 1. The Hall–Kier alpha value is -2.25. The summed E-state index contributed by atoms with van der Waals surface area (Å²) in [6.45, 7) is 1.92. The van der Waals surface area contributed by atoms with Crippen molar-refractivity contribution >= 4 is 11.6 Å². The van der Waals surface area contributed by atoms with Crippen LogP contribution in [0.1, 0.15) is 43.1 Å². The average molecular weight is 277 g/mol. The molecule has 3 rings (SSSR count). The smallest absolute Gasteiger partial charge is 0.361 e. The Morgan fingerprint density at radius 3 is 2.80 bits per heavy atom. The number of hydrogen-bond donors (Lipinski definition) is 0. The molecule has 0 bridgehead atoms. The number of carbonyl (C=O) groups excluding carboxylic acids is 1. The van der Waals surface area contributed by atoms with Gasteiger partial charge in [-0.1, -0.05) is 5.21 Å². The maximum Gasteiger partial charge on any atom is 0.361 e. The molecule has 20 heavy (non-hydrogen) atoms. The third-order valence-electron chi connectivity index (χ3n) is 3.69. The summed E-state index contributed by atoms with van der Waals surface area (Å²) in [5, 5.41) is 7.49. The number of ether oxygens (including phenoxy) is 1. The van der Waals surface area contributed by atoms with Gasteiger partial charge in [-0.3, -0.25) is 0 Å². The molecule has 106 valence electrons. The van der Waals surface area contributed by atoms with E-state index in [0.29, 0.717) is 0 Å². The minimum absolute atomic E-state index is 0.0309. The number of esters is 1. The van der Waals surface area contributed by atoms with Crippen LogP contribution in [-0.2, 0) is 11.8 Å². The van der Waals surface area contributed by atoms with Gasteiger partial charge in [-0.2, -0.15) is 4.68 Å². The highest BCUT2D eigenvalue weighted by atomic mass is 16.6. The Morgan fingerprint density at radius 1 is 1.40 bits per heavy atom. The van der Waals surface area contributed by atoms with Crippen molar-refractivity contribution in [3.8, 4) is 0 Å². The van der Waals surface area contributed by atoms with E-state index in [2.05, 4.69) is 15.3 Å². The molecule has 0 N–H and O–H groups in total. The van der Waals surface area contributed by atoms with Gasteiger partial charge in [-0.25, -0.2) is 19.0 Å². The van der Waals surface area contributed by atoms with Gasteiger partial charge in [0.05, 0.1) is 0 Å². The van der Waals surface area contributed by atoms with Gasteiger partial charge >= 0.3 is 11.7 Å². The molecule has 1 fully saturated rings. The van der Waals surface area contributed by atoms with Crippen LogP contribution in [0, 0.1) is 0 Å². The number of nitrogens with zero attached hydrogens (tertiary/aromatic N) is 5. The summed E-state index contributed by atoms with van der Waals surface area (Å²) in [5.74, 6) is -0.556. The van der Waals surface area contributed by atoms with E-state index < -0.39 is 17.3 Å². The van der Waals surface area contributed by atoms with Crippen molar-refractivity contribution in [3.05, 3.63) is 22.5 Å². The number of imidazole rings is 1. The summed E-state index contributed by atoms with van der Waals surface area (Å²) >= 11 is 0. The number of aromatic nitrogens is 5. The monoisotopic (exact) mass is 277 g/mol. The first-order chi connectivity index (χ1) is 9.50. The summed E-state index contributed by atoms with van der Waals surface area (Å²) < 4.78 is 7.78. The molecule has 2 heterocycles. The standard InChI is InChI=1S/C12H15N5O3/c1-12(5-3-4-6-12)20-10(18)8-9-14-15-16(2)11(19)17(9)7-13-8/h7H,3-6H2,1-2H3. The van der Waals surface area contributed by atoms with Crippen LogP contribution in [0.3, 0.4) is 0 Å².